The number of hydrogen-bond acceptors (Lipinski definition) is 2. The Kier molecular flexibility index (Phi) is 1.44. The van der Waals surface area contributed by atoms with Crippen LogP contribution in [-0.2, 0) is 0 Å². The summed E-state index contributed by atoms with van der Waals surface area (Å²) < 4.78 is 1.04. The zero-order valence-corrected chi connectivity index (χ0v) is 5.92. The molecular formula is C4H3BrNS. The number of hydrogen-bond donors (Lipinski definition) is 0. The van der Waals surface area contributed by atoms with Crippen LogP contribution >= 0.6 is 27.3 Å². The Labute approximate surface area is 54.5 Å². The van der Waals surface area contributed by atoms with Crippen LogP contribution in [0.15, 0.2) is 9.98 Å². The molecule has 0 saturated carbocycles. The van der Waals surface area contributed by atoms with E-state index in [1.165, 1.54) is 11.3 Å². The molecule has 0 fully saturated rings. The highest BCUT2D eigenvalue weighted by atomic mass is 79.9. The summed E-state index contributed by atoms with van der Waals surface area (Å²) in [5.41, 5.74) is 0. The average molecular weight is 177 g/mol. The SMILES string of the molecule is [CH2]c1ncc(Br)s1. The standard InChI is InChI=1S/C4H3BrNS/c1-3-6-2-4(5)7-3/h2H,1H2. The maximum atomic E-state index is 3.88. The fourth-order valence-corrected chi connectivity index (χ4v) is 1.39. The second-order valence-electron chi connectivity index (χ2n) is 1.06. The monoisotopic (exact) mass is 176 g/mol. The lowest BCUT2D eigenvalue weighted by Crippen LogP contribution is -1.56. The van der Waals surface area contributed by atoms with Gasteiger partial charge in [-0.05, 0) is 15.9 Å². The molecule has 1 nitrogen and oxygen atoms in total. The van der Waals surface area contributed by atoms with Crippen molar-refractivity contribution >= 4 is 27.3 Å². The van der Waals surface area contributed by atoms with Crippen LogP contribution < -0.4 is 0 Å². The topological polar surface area (TPSA) is 12.9 Å². The number of aromatic nitrogens is 1. The number of rotatable bonds is 0. The third kappa shape index (κ3) is 1.24. The molecule has 0 saturated heterocycles. The lowest BCUT2D eigenvalue weighted by molar-refractivity contribution is 1.36. The van der Waals surface area contributed by atoms with Crippen molar-refractivity contribution in [3.05, 3.63) is 21.9 Å². The first-order chi connectivity index (χ1) is 3.29. The zero-order valence-electron chi connectivity index (χ0n) is 3.52. The molecule has 0 atom stereocenters. The van der Waals surface area contributed by atoms with Gasteiger partial charge in [0.2, 0.25) is 0 Å². The molecular weight excluding hydrogens is 174 g/mol. The summed E-state index contributed by atoms with van der Waals surface area (Å²) in [4.78, 5) is 3.88. The van der Waals surface area contributed by atoms with Crippen molar-refractivity contribution in [1.82, 2.24) is 4.98 Å². The molecule has 1 heterocycles. The molecule has 37 valence electrons. The van der Waals surface area contributed by atoms with Gasteiger partial charge >= 0.3 is 0 Å². The quantitative estimate of drug-likeness (QED) is 0.591. The number of halogens is 1. The second-order valence-corrected chi connectivity index (χ2v) is 3.55. The second kappa shape index (κ2) is 1.92. The van der Waals surface area contributed by atoms with Crippen molar-refractivity contribution in [2.24, 2.45) is 0 Å². The van der Waals surface area contributed by atoms with E-state index >= 15 is 0 Å². The van der Waals surface area contributed by atoms with Crippen LogP contribution in [0.4, 0.5) is 0 Å². The maximum absolute atomic E-state index is 3.88. The smallest absolute Gasteiger partial charge is 0.0941 e. The first-order valence-electron chi connectivity index (χ1n) is 1.72. The van der Waals surface area contributed by atoms with Crippen LogP contribution in [0.25, 0.3) is 0 Å². The molecule has 0 aliphatic heterocycles. The van der Waals surface area contributed by atoms with Gasteiger partial charge in [-0.1, -0.05) is 0 Å². The number of thiazole rings is 1. The lowest BCUT2D eigenvalue weighted by Gasteiger charge is -1.66. The normalized spacial score (nSPS) is 9.43. The van der Waals surface area contributed by atoms with Gasteiger partial charge in [0.25, 0.3) is 0 Å². The highest BCUT2D eigenvalue weighted by Crippen LogP contribution is 2.17. The van der Waals surface area contributed by atoms with Crippen molar-refractivity contribution in [2.75, 3.05) is 0 Å². The molecule has 0 N–H and O–H groups in total. The molecule has 0 unspecified atom stereocenters. The van der Waals surface area contributed by atoms with Crippen molar-refractivity contribution in [3.8, 4) is 0 Å². The van der Waals surface area contributed by atoms with E-state index in [0.717, 1.165) is 8.79 Å². The Bertz CT molecular complexity index is 144. The summed E-state index contributed by atoms with van der Waals surface area (Å²) in [7, 11) is 0. The van der Waals surface area contributed by atoms with Gasteiger partial charge in [0, 0.05) is 6.92 Å². The highest BCUT2D eigenvalue weighted by Gasteiger charge is 1.88. The van der Waals surface area contributed by atoms with Crippen LogP contribution in [0.2, 0.25) is 0 Å². The molecule has 7 heavy (non-hydrogen) atoms. The molecule has 0 aliphatic carbocycles. The highest BCUT2D eigenvalue weighted by molar-refractivity contribution is 9.11. The molecule has 1 rings (SSSR count). The molecule has 0 aromatic carbocycles. The maximum Gasteiger partial charge on any atom is 0.0941 e. The van der Waals surface area contributed by atoms with Crippen molar-refractivity contribution in [1.29, 1.82) is 0 Å². The van der Waals surface area contributed by atoms with Gasteiger partial charge in [-0.15, -0.1) is 11.3 Å². The van der Waals surface area contributed by atoms with Crippen molar-refractivity contribution in [3.63, 3.8) is 0 Å². The van der Waals surface area contributed by atoms with E-state index in [4.69, 9.17) is 0 Å². The van der Waals surface area contributed by atoms with E-state index in [1.807, 2.05) is 0 Å². The largest absolute Gasteiger partial charge is 0.248 e. The third-order valence-corrected chi connectivity index (χ3v) is 1.86. The summed E-state index contributed by atoms with van der Waals surface area (Å²) in [6.45, 7) is 3.62. The number of nitrogens with zero attached hydrogens (tertiary/aromatic N) is 1. The first-order valence-corrected chi connectivity index (χ1v) is 3.33. The Balaban J connectivity index is 3.04. The van der Waals surface area contributed by atoms with E-state index in [1.54, 1.807) is 6.20 Å². The van der Waals surface area contributed by atoms with Crippen LogP contribution in [0.1, 0.15) is 5.01 Å². The van der Waals surface area contributed by atoms with E-state index in [-0.39, 0.29) is 0 Å². The summed E-state index contributed by atoms with van der Waals surface area (Å²) in [6.07, 6.45) is 1.74. The van der Waals surface area contributed by atoms with E-state index in [9.17, 15) is 0 Å². The third-order valence-electron chi connectivity index (χ3n) is 0.525. The van der Waals surface area contributed by atoms with E-state index in [2.05, 4.69) is 27.8 Å². The summed E-state index contributed by atoms with van der Waals surface area (Å²) in [5.74, 6) is 0. The predicted molar refractivity (Wildman–Crippen MR) is 34.3 cm³/mol. The predicted octanol–water partition coefficient (Wildman–Crippen LogP) is 2.09. The van der Waals surface area contributed by atoms with E-state index in [0.29, 0.717) is 0 Å². The van der Waals surface area contributed by atoms with Crippen LogP contribution in [0.3, 0.4) is 0 Å². The zero-order chi connectivity index (χ0) is 5.28. The van der Waals surface area contributed by atoms with Gasteiger partial charge in [-0.3, -0.25) is 0 Å². The van der Waals surface area contributed by atoms with Gasteiger partial charge in [0.1, 0.15) is 0 Å². The first kappa shape index (κ1) is 5.25. The minimum atomic E-state index is 0.854. The van der Waals surface area contributed by atoms with E-state index < -0.39 is 0 Å². The minimum absolute atomic E-state index is 0.854. The lowest BCUT2D eigenvalue weighted by atomic mass is 10.8. The van der Waals surface area contributed by atoms with Crippen LogP contribution in [0.5, 0.6) is 0 Å². The van der Waals surface area contributed by atoms with Gasteiger partial charge < -0.3 is 0 Å². The molecule has 0 aliphatic rings. The summed E-state index contributed by atoms with van der Waals surface area (Å²) in [5, 5.41) is 0.854. The molecule has 1 radical (unpaired) electrons. The molecule has 0 spiro atoms. The van der Waals surface area contributed by atoms with Crippen molar-refractivity contribution in [2.45, 2.75) is 0 Å². The summed E-state index contributed by atoms with van der Waals surface area (Å²) >= 11 is 4.79. The molecule has 0 bridgehead atoms. The minimum Gasteiger partial charge on any atom is -0.248 e. The van der Waals surface area contributed by atoms with Gasteiger partial charge in [-0.2, -0.15) is 0 Å². The average Bonchev–Trinajstić information content (AvgIpc) is 1.87. The Hall–Kier alpha value is 0.110. The molecule has 1 aromatic heterocycles. The molecule has 3 heteroatoms. The molecule has 1 aromatic rings. The summed E-state index contributed by atoms with van der Waals surface area (Å²) in [6, 6.07) is 0. The van der Waals surface area contributed by atoms with Gasteiger partial charge in [0.05, 0.1) is 15.0 Å². The Morgan fingerprint density at radius 1 is 1.86 bits per heavy atom. The van der Waals surface area contributed by atoms with Gasteiger partial charge in [-0.25, -0.2) is 4.98 Å². The van der Waals surface area contributed by atoms with Crippen LogP contribution in [-0.4, -0.2) is 4.98 Å². The van der Waals surface area contributed by atoms with Gasteiger partial charge in [0.15, 0.2) is 0 Å². The molecule has 0 amide bonds. The Morgan fingerprint density at radius 2 is 2.57 bits per heavy atom. The van der Waals surface area contributed by atoms with Crippen LogP contribution in [0, 0.1) is 6.92 Å². The van der Waals surface area contributed by atoms with Crippen molar-refractivity contribution < 1.29 is 0 Å². The fourth-order valence-electron chi connectivity index (χ4n) is 0.288. The Morgan fingerprint density at radius 3 is 2.71 bits per heavy atom. The fraction of sp³-hybridized carbons (Fsp3) is 0.